The molecular weight excluding hydrogens is 290 g/mol. The summed E-state index contributed by atoms with van der Waals surface area (Å²) < 4.78 is 0. The lowest BCUT2D eigenvalue weighted by Gasteiger charge is -2.12. The highest BCUT2D eigenvalue weighted by Gasteiger charge is 2.18. The lowest BCUT2D eigenvalue weighted by atomic mass is 10.3. The van der Waals surface area contributed by atoms with E-state index in [-0.39, 0.29) is 5.78 Å². The fourth-order valence-electron chi connectivity index (χ4n) is 2.40. The Hall–Kier alpha value is -1.27. The standard InChI is InChI=1S/C14H17N3OS2/c1-9(18)7-12-15-10(2)13(20-12)11-8-19-14(16-11)17-5-3-4-6-17/h8H,3-7H2,1-2H3. The van der Waals surface area contributed by atoms with Gasteiger partial charge in [-0.15, -0.1) is 22.7 Å². The molecule has 0 unspecified atom stereocenters. The number of carbonyl (C=O) groups is 1. The normalized spacial score (nSPS) is 15.0. The molecule has 0 spiro atoms. The third-order valence-electron chi connectivity index (χ3n) is 3.34. The number of hydrogen-bond acceptors (Lipinski definition) is 6. The Morgan fingerprint density at radius 1 is 1.35 bits per heavy atom. The number of thiazole rings is 2. The monoisotopic (exact) mass is 307 g/mol. The quantitative estimate of drug-likeness (QED) is 0.869. The summed E-state index contributed by atoms with van der Waals surface area (Å²) in [7, 11) is 0. The zero-order chi connectivity index (χ0) is 14.1. The molecule has 0 aliphatic carbocycles. The van der Waals surface area contributed by atoms with Crippen molar-refractivity contribution in [2.75, 3.05) is 18.0 Å². The lowest BCUT2D eigenvalue weighted by molar-refractivity contribution is -0.116. The van der Waals surface area contributed by atoms with Crippen molar-refractivity contribution in [1.29, 1.82) is 0 Å². The summed E-state index contributed by atoms with van der Waals surface area (Å²) in [5.41, 5.74) is 1.98. The maximum Gasteiger partial charge on any atom is 0.185 e. The maximum atomic E-state index is 11.2. The van der Waals surface area contributed by atoms with Crippen molar-refractivity contribution in [1.82, 2.24) is 9.97 Å². The van der Waals surface area contributed by atoms with Crippen molar-refractivity contribution < 1.29 is 4.79 Å². The molecule has 1 fully saturated rings. The van der Waals surface area contributed by atoms with Crippen molar-refractivity contribution >= 4 is 33.6 Å². The first-order chi connectivity index (χ1) is 9.63. The largest absolute Gasteiger partial charge is 0.348 e. The van der Waals surface area contributed by atoms with E-state index < -0.39 is 0 Å². The highest BCUT2D eigenvalue weighted by atomic mass is 32.1. The van der Waals surface area contributed by atoms with Gasteiger partial charge in [0.05, 0.1) is 22.7 Å². The van der Waals surface area contributed by atoms with Crippen LogP contribution in [0, 0.1) is 6.92 Å². The molecule has 0 atom stereocenters. The molecule has 2 aromatic rings. The first-order valence-corrected chi connectivity index (χ1v) is 8.49. The number of anilines is 1. The second-order valence-electron chi connectivity index (χ2n) is 5.11. The van der Waals surface area contributed by atoms with Gasteiger partial charge in [-0.05, 0) is 26.7 Å². The average molecular weight is 307 g/mol. The zero-order valence-corrected chi connectivity index (χ0v) is 13.3. The number of Topliss-reactive ketones (excluding diaryl/α,β-unsaturated/α-hetero) is 1. The zero-order valence-electron chi connectivity index (χ0n) is 11.7. The minimum atomic E-state index is 0.154. The fraction of sp³-hybridized carbons (Fsp3) is 0.500. The van der Waals surface area contributed by atoms with Gasteiger partial charge in [0.1, 0.15) is 10.8 Å². The summed E-state index contributed by atoms with van der Waals surface area (Å²) >= 11 is 3.29. The molecule has 0 N–H and O–H groups in total. The second kappa shape index (κ2) is 5.61. The van der Waals surface area contributed by atoms with E-state index in [9.17, 15) is 4.79 Å². The van der Waals surface area contributed by atoms with Gasteiger partial charge in [-0.2, -0.15) is 0 Å². The van der Waals surface area contributed by atoms with Crippen molar-refractivity contribution in [3.05, 3.63) is 16.1 Å². The van der Waals surface area contributed by atoms with E-state index in [0.717, 1.165) is 39.5 Å². The van der Waals surface area contributed by atoms with Crippen LogP contribution in [0.2, 0.25) is 0 Å². The van der Waals surface area contributed by atoms with Crippen LogP contribution >= 0.6 is 22.7 Å². The average Bonchev–Trinajstić information content (AvgIpc) is 3.07. The highest BCUT2D eigenvalue weighted by molar-refractivity contribution is 7.17. The van der Waals surface area contributed by atoms with E-state index in [2.05, 4.69) is 15.3 Å². The summed E-state index contributed by atoms with van der Waals surface area (Å²) in [5.74, 6) is 0.154. The number of carbonyl (C=O) groups excluding carboxylic acids is 1. The third-order valence-corrected chi connectivity index (χ3v) is 5.42. The minimum absolute atomic E-state index is 0.154. The minimum Gasteiger partial charge on any atom is -0.348 e. The molecule has 20 heavy (non-hydrogen) atoms. The molecule has 1 aliphatic rings. The predicted molar refractivity (Wildman–Crippen MR) is 83.8 cm³/mol. The van der Waals surface area contributed by atoms with Crippen LogP contribution in [-0.2, 0) is 11.2 Å². The predicted octanol–water partition coefficient (Wildman–Crippen LogP) is 3.31. The highest BCUT2D eigenvalue weighted by Crippen LogP contribution is 2.34. The van der Waals surface area contributed by atoms with E-state index in [0.29, 0.717) is 6.42 Å². The van der Waals surface area contributed by atoms with Crippen molar-refractivity contribution in [2.24, 2.45) is 0 Å². The molecule has 0 amide bonds. The summed E-state index contributed by atoms with van der Waals surface area (Å²) in [6, 6.07) is 0. The van der Waals surface area contributed by atoms with Crippen molar-refractivity contribution in [3.63, 3.8) is 0 Å². The molecule has 3 heterocycles. The van der Waals surface area contributed by atoms with Gasteiger partial charge in [0.15, 0.2) is 5.13 Å². The summed E-state index contributed by atoms with van der Waals surface area (Å²) in [4.78, 5) is 23.9. The first-order valence-electron chi connectivity index (χ1n) is 6.80. The molecule has 3 rings (SSSR count). The van der Waals surface area contributed by atoms with Crippen LogP contribution in [0.25, 0.3) is 10.6 Å². The second-order valence-corrected chi connectivity index (χ2v) is 7.03. The van der Waals surface area contributed by atoms with Gasteiger partial charge >= 0.3 is 0 Å². The molecule has 2 aromatic heterocycles. The van der Waals surface area contributed by atoms with Gasteiger partial charge in [0.2, 0.25) is 0 Å². The maximum absolute atomic E-state index is 11.2. The molecule has 1 saturated heterocycles. The molecule has 4 nitrogen and oxygen atoms in total. The molecule has 106 valence electrons. The van der Waals surface area contributed by atoms with E-state index in [1.807, 2.05) is 6.92 Å². The molecular formula is C14H17N3OS2. The van der Waals surface area contributed by atoms with Gasteiger partial charge in [-0.3, -0.25) is 4.79 Å². The van der Waals surface area contributed by atoms with Crippen LogP contribution < -0.4 is 4.90 Å². The Balaban J connectivity index is 1.85. The molecule has 0 radical (unpaired) electrons. The topological polar surface area (TPSA) is 46.1 Å². The van der Waals surface area contributed by atoms with Gasteiger partial charge < -0.3 is 4.90 Å². The van der Waals surface area contributed by atoms with Gasteiger partial charge in [-0.1, -0.05) is 0 Å². The molecule has 0 aromatic carbocycles. The number of ketones is 1. The van der Waals surface area contributed by atoms with Gasteiger partial charge in [-0.25, -0.2) is 9.97 Å². The van der Waals surface area contributed by atoms with Crippen LogP contribution in [0.4, 0.5) is 5.13 Å². The molecule has 6 heteroatoms. The Morgan fingerprint density at radius 2 is 2.10 bits per heavy atom. The third kappa shape index (κ3) is 2.76. The van der Waals surface area contributed by atoms with Crippen LogP contribution in [0.15, 0.2) is 5.38 Å². The molecule has 0 saturated carbocycles. The summed E-state index contributed by atoms with van der Waals surface area (Å²) in [6.07, 6.45) is 2.95. The Kier molecular flexibility index (Phi) is 3.85. The lowest BCUT2D eigenvalue weighted by Crippen LogP contribution is -2.17. The van der Waals surface area contributed by atoms with Crippen LogP contribution in [-0.4, -0.2) is 28.8 Å². The van der Waals surface area contributed by atoms with Gasteiger partial charge in [0.25, 0.3) is 0 Å². The number of hydrogen-bond donors (Lipinski definition) is 0. The number of nitrogens with zero attached hydrogens (tertiary/aromatic N) is 3. The SMILES string of the molecule is CC(=O)Cc1nc(C)c(-c2csc(N3CCCC3)n2)s1. The summed E-state index contributed by atoms with van der Waals surface area (Å²) in [5, 5.41) is 4.10. The van der Waals surface area contributed by atoms with E-state index in [4.69, 9.17) is 4.98 Å². The number of rotatable bonds is 4. The van der Waals surface area contributed by atoms with Crippen LogP contribution in [0.3, 0.4) is 0 Å². The number of aryl methyl sites for hydroxylation is 1. The Bertz CT molecular complexity index is 626. The first kappa shape index (κ1) is 13.7. The number of aromatic nitrogens is 2. The van der Waals surface area contributed by atoms with E-state index in [1.165, 1.54) is 12.8 Å². The van der Waals surface area contributed by atoms with Crippen molar-refractivity contribution in [3.8, 4) is 10.6 Å². The van der Waals surface area contributed by atoms with E-state index in [1.54, 1.807) is 29.6 Å². The fourth-order valence-corrected chi connectivity index (χ4v) is 4.44. The Labute approximate surface area is 126 Å². The molecule has 0 bridgehead atoms. The molecule has 1 aliphatic heterocycles. The van der Waals surface area contributed by atoms with Crippen LogP contribution in [0.1, 0.15) is 30.5 Å². The van der Waals surface area contributed by atoms with E-state index >= 15 is 0 Å². The Morgan fingerprint density at radius 3 is 2.80 bits per heavy atom. The smallest absolute Gasteiger partial charge is 0.185 e. The van der Waals surface area contributed by atoms with Crippen LogP contribution in [0.5, 0.6) is 0 Å². The summed E-state index contributed by atoms with van der Waals surface area (Å²) in [6.45, 7) is 5.82. The van der Waals surface area contributed by atoms with Crippen molar-refractivity contribution in [2.45, 2.75) is 33.1 Å². The van der Waals surface area contributed by atoms with Gasteiger partial charge in [0, 0.05) is 18.5 Å².